The molecule has 2 aliphatic rings. The van der Waals surface area contributed by atoms with E-state index in [4.69, 9.17) is 11.6 Å². The molecule has 3 heterocycles. The smallest absolute Gasteiger partial charge is 0.282 e. The number of piperidine rings is 2. The maximum Gasteiger partial charge on any atom is 0.282 e. The molecule has 7 heteroatoms. The minimum Gasteiger partial charge on any atom is -0.347 e. The van der Waals surface area contributed by atoms with Crippen LogP contribution in [0.15, 0.2) is 0 Å². The highest BCUT2D eigenvalue weighted by molar-refractivity contribution is 7.17. The van der Waals surface area contributed by atoms with Crippen molar-refractivity contribution in [1.29, 1.82) is 0 Å². The maximum atomic E-state index is 12.1. The van der Waals surface area contributed by atoms with Crippen molar-refractivity contribution in [3.63, 3.8) is 0 Å². The molecule has 0 radical (unpaired) electrons. The largest absolute Gasteiger partial charge is 0.347 e. The zero-order valence-corrected chi connectivity index (χ0v) is 12.4. The van der Waals surface area contributed by atoms with Crippen molar-refractivity contribution < 1.29 is 4.79 Å². The second-order valence-corrected chi connectivity index (χ2v) is 6.97. The van der Waals surface area contributed by atoms with E-state index in [-0.39, 0.29) is 11.9 Å². The molecule has 5 nitrogen and oxygen atoms in total. The van der Waals surface area contributed by atoms with Gasteiger partial charge in [0.05, 0.1) is 0 Å². The molecule has 0 saturated carbocycles. The van der Waals surface area contributed by atoms with E-state index in [1.54, 1.807) is 0 Å². The Morgan fingerprint density at radius 3 is 2.63 bits per heavy atom. The van der Waals surface area contributed by atoms with E-state index in [1.807, 2.05) is 0 Å². The van der Waals surface area contributed by atoms with Crippen molar-refractivity contribution in [2.24, 2.45) is 0 Å². The third-order valence-electron chi connectivity index (χ3n) is 4.27. The van der Waals surface area contributed by atoms with Crippen LogP contribution >= 0.6 is 22.9 Å². The Hall–Kier alpha value is -0.720. The summed E-state index contributed by atoms with van der Waals surface area (Å²) in [7, 11) is 2.21. The highest BCUT2D eigenvalue weighted by Crippen LogP contribution is 2.32. The number of carbonyl (C=O) groups excluding carboxylic acids is 1. The average molecular weight is 301 g/mol. The van der Waals surface area contributed by atoms with Crippen molar-refractivity contribution in [1.82, 2.24) is 20.4 Å². The van der Waals surface area contributed by atoms with Crippen molar-refractivity contribution >= 4 is 28.8 Å². The zero-order valence-electron chi connectivity index (χ0n) is 10.8. The first-order chi connectivity index (χ1) is 9.13. The number of aromatic nitrogens is 2. The van der Waals surface area contributed by atoms with Crippen LogP contribution in [0.4, 0.5) is 0 Å². The summed E-state index contributed by atoms with van der Waals surface area (Å²) >= 11 is 6.83. The van der Waals surface area contributed by atoms with Crippen molar-refractivity contribution in [2.45, 2.75) is 50.2 Å². The van der Waals surface area contributed by atoms with Crippen molar-refractivity contribution in [3.05, 3.63) is 9.47 Å². The quantitative estimate of drug-likeness (QED) is 0.907. The third-order valence-corrected chi connectivity index (χ3v) is 5.29. The first kappa shape index (κ1) is 13.3. The highest BCUT2D eigenvalue weighted by Gasteiger charge is 2.36. The molecular weight excluding hydrogens is 284 g/mol. The van der Waals surface area contributed by atoms with Gasteiger partial charge in [-0.2, -0.15) is 0 Å². The maximum absolute atomic E-state index is 12.1. The van der Waals surface area contributed by atoms with Crippen molar-refractivity contribution in [2.75, 3.05) is 7.05 Å². The molecule has 2 bridgehead atoms. The van der Waals surface area contributed by atoms with Gasteiger partial charge < -0.3 is 10.2 Å². The first-order valence-electron chi connectivity index (χ1n) is 6.65. The van der Waals surface area contributed by atoms with E-state index in [0.29, 0.717) is 21.6 Å². The van der Waals surface area contributed by atoms with Gasteiger partial charge in [0.15, 0.2) is 0 Å². The minimum atomic E-state index is -0.142. The molecule has 1 N–H and O–H groups in total. The molecule has 2 unspecified atom stereocenters. The molecule has 1 amide bonds. The Kier molecular flexibility index (Phi) is 3.73. The molecule has 0 aliphatic carbocycles. The van der Waals surface area contributed by atoms with Crippen LogP contribution < -0.4 is 5.32 Å². The fourth-order valence-electron chi connectivity index (χ4n) is 3.28. The van der Waals surface area contributed by atoms with Crippen LogP contribution in [0.1, 0.15) is 41.9 Å². The fraction of sp³-hybridized carbons (Fsp3) is 0.750. The molecule has 2 fully saturated rings. The predicted octanol–water partition coefficient (Wildman–Crippen LogP) is 1.94. The normalized spacial score (nSPS) is 31.2. The van der Waals surface area contributed by atoms with Crippen LogP contribution in [0.5, 0.6) is 0 Å². The number of amides is 1. The average Bonchev–Trinajstić information content (AvgIpc) is 2.77. The monoisotopic (exact) mass is 300 g/mol. The Bertz CT molecular complexity index is 466. The molecule has 0 spiro atoms. The van der Waals surface area contributed by atoms with Gasteiger partial charge in [-0.05, 0) is 44.3 Å². The molecule has 1 aromatic heterocycles. The molecule has 2 atom stereocenters. The second kappa shape index (κ2) is 5.34. The predicted molar refractivity (Wildman–Crippen MR) is 74.6 cm³/mol. The zero-order chi connectivity index (χ0) is 13.4. The van der Waals surface area contributed by atoms with Crippen LogP contribution in [0.25, 0.3) is 0 Å². The van der Waals surface area contributed by atoms with Gasteiger partial charge in [-0.3, -0.25) is 4.79 Å². The van der Waals surface area contributed by atoms with E-state index in [0.717, 1.165) is 24.2 Å². The fourth-order valence-corrected chi connectivity index (χ4v) is 4.01. The Balaban J connectivity index is 1.63. The lowest BCUT2D eigenvalue weighted by Gasteiger charge is -2.47. The van der Waals surface area contributed by atoms with Gasteiger partial charge in [-0.15, -0.1) is 10.2 Å². The van der Waals surface area contributed by atoms with Crippen LogP contribution in [0.2, 0.25) is 4.47 Å². The van der Waals surface area contributed by atoms with Gasteiger partial charge in [0.25, 0.3) is 5.91 Å². The summed E-state index contributed by atoms with van der Waals surface area (Å²) < 4.78 is 0.311. The number of nitrogens with zero attached hydrogens (tertiary/aromatic N) is 3. The second-order valence-electron chi connectivity index (χ2n) is 5.41. The SMILES string of the molecule is CN1C2CCCC1CC(NC(=O)c1nnc(Cl)s1)C2. The van der Waals surface area contributed by atoms with E-state index >= 15 is 0 Å². The molecule has 19 heavy (non-hydrogen) atoms. The first-order valence-corrected chi connectivity index (χ1v) is 7.84. The summed E-state index contributed by atoms with van der Waals surface area (Å²) in [6.07, 6.45) is 5.86. The Morgan fingerprint density at radius 1 is 1.37 bits per heavy atom. The number of rotatable bonds is 2. The standard InChI is InChI=1S/C12H17ClN4OS/c1-17-8-3-2-4-9(17)6-7(5-8)14-10(18)11-15-16-12(13)19-11/h7-9H,2-6H2,1H3,(H,14,18). The lowest BCUT2D eigenvalue weighted by Crippen LogP contribution is -2.55. The number of hydrogen-bond donors (Lipinski definition) is 1. The molecular formula is C12H17ClN4OS. The minimum absolute atomic E-state index is 0.142. The summed E-state index contributed by atoms with van der Waals surface area (Å²) in [6.45, 7) is 0. The number of halogens is 1. The van der Waals surface area contributed by atoms with Gasteiger partial charge in [-0.1, -0.05) is 17.8 Å². The molecule has 2 saturated heterocycles. The molecule has 1 aromatic rings. The van der Waals surface area contributed by atoms with Crippen LogP contribution in [0, 0.1) is 0 Å². The van der Waals surface area contributed by atoms with Gasteiger partial charge in [0.1, 0.15) is 0 Å². The molecule has 2 aliphatic heterocycles. The van der Waals surface area contributed by atoms with E-state index in [2.05, 4.69) is 27.5 Å². The molecule has 104 valence electrons. The summed E-state index contributed by atoms with van der Waals surface area (Å²) in [5.74, 6) is -0.142. The van der Waals surface area contributed by atoms with E-state index in [1.165, 1.54) is 19.3 Å². The summed E-state index contributed by atoms with van der Waals surface area (Å²) in [5.41, 5.74) is 0. The lowest BCUT2D eigenvalue weighted by molar-refractivity contribution is 0.0463. The number of carbonyl (C=O) groups is 1. The molecule has 3 rings (SSSR count). The summed E-state index contributed by atoms with van der Waals surface area (Å²) in [5, 5.41) is 10.9. The van der Waals surface area contributed by atoms with Crippen LogP contribution in [-0.4, -0.2) is 46.2 Å². The van der Waals surface area contributed by atoms with Gasteiger partial charge in [-0.25, -0.2) is 0 Å². The Morgan fingerprint density at radius 2 is 2.05 bits per heavy atom. The van der Waals surface area contributed by atoms with E-state index in [9.17, 15) is 4.79 Å². The number of nitrogens with one attached hydrogen (secondary N) is 1. The Labute approximate surface area is 121 Å². The third kappa shape index (κ3) is 2.75. The number of hydrogen-bond acceptors (Lipinski definition) is 5. The molecule has 0 aromatic carbocycles. The lowest BCUT2D eigenvalue weighted by atomic mass is 9.82. The van der Waals surface area contributed by atoms with Crippen LogP contribution in [-0.2, 0) is 0 Å². The van der Waals surface area contributed by atoms with E-state index < -0.39 is 0 Å². The topological polar surface area (TPSA) is 58.1 Å². The van der Waals surface area contributed by atoms with Gasteiger partial charge in [0, 0.05) is 18.1 Å². The number of fused-ring (bicyclic) bond motifs is 2. The van der Waals surface area contributed by atoms with Crippen molar-refractivity contribution in [3.8, 4) is 0 Å². The summed E-state index contributed by atoms with van der Waals surface area (Å²) in [4.78, 5) is 14.5. The van der Waals surface area contributed by atoms with Gasteiger partial charge >= 0.3 is 0 Å². The van der Waals surface area contributed by atoms with Gasteiger partial charge in [0.2, 0.25) is 9.47 Å². The highest BCUT2D eigenvalue weighted by atomic mass is 35.5. The summed E-state index contributed by atoms with van der Waals surface area (Å²) in [6, 6.07) is 1.47. The van der Waals surface area contributed by atoms with Crippen LogP contribution in [0.3, 0.4) is 0 Å².